The number of hydrogen-bond donors (Lipinski definition) is 1. The van der Waals surface area contributed by atoms with Crippen LogP contribution in [0.5, 0.6) is 0 Å². The molecule has 96 valence electrons. The van der Waals surface area contributed by atoms with Crippen LogP contribution in [-0.4, -0.2) is 42.7 Å². The van der Waals surface area contributed by atoms with Crippen LogP contribution in [-0.2, 0) is 4.74 Å². The van der Waals surface area contributed by atoms with Gasteiger partial charge >= 0.3 is 0 Å². The van der Waals surface area contributed by atoms with E-state index in [4.69, 9.17) is 10.5 Å². The lowest BCUT2D eigenvalue weighted by atomic mass is 10.0. The molecule has 1 aromatic heterocycles. The summed E-state index contributed by atoms with van der Waals surface area (Å²) in [6.07, 6.45) is 1.99. The van der Waals surface area contributed by atoms with Crippen LogP contribution in [0, 0.1) is 0 Å². The lowest BCUT2D eigenvalue weighted by molar-refractivity contribution is 0.0666. The van der Waals surface area contributed by atoms with Gasteiger partial charge in [-0.1, -0.05) is 6.07 Å². The molecule has 4 nitrogen and oxygen atoms in total. The molecule has 0 saturated heterocycles. The predicted molar refractivity (Wildman–Crippen MR) is 69.7 cm³/mol. The zero-order valence-corrected chi connectivity index (χ0v) is 11.1. The number of aromatic nitrogens is 1. The highest BCUT2D eigenvalue weighted by Gasteiger charge is 2.23. The fraction of sp³-hybridized carbons (Fsp3) is 0.615. The minimum absolute atomic E-state index is 0.0268. The molecule has 0 amide bonds. The second-order valence-corrected chi connectivity index (χ2v) is 4.54. The Kier molecular flexibility index (Phi) is 5.55. The fourth-order valence-electron chi connectivity index (χ4n) is 2.04. The Morgan fingerprint density at radius 1 is 1.41 bits per heavy atom. The van der Waals surface area contributed by atoms with E-state index in [1.807, 2.05) is 32.0 Å². The van der Waals surface area contributed by atoms with Gasteiger partial charge in [-0.2, -0.15) is 0 Å². The molecule has 0 spiro atoms. The molecule has 1 rings (SSSR count). The summed E-state index contributed by atoms with van der Waals surface area (Å²) >= 11 is 0. The van der Waals surface area contributed by atoms with Gasteiger partial charge in [-0.3, -0.25) is 9.88 Å². The fourth-order valence-corrected chi connectivity index (χ4v) is 2.04. The highest BCUT2D eigenvalue weighted by atomic mass is 16.5. The average molecular weight is 237 g/mol. The molecule has 0 radical (unpaired) electrons. The van der Waals surface area contributed by atoms with E-state index >= 15 is 0 Å². The van der Waals surface area contributed by atoms with Crippen molar-refractivity contribution >= 4 is 0 Å². The first-order chi connectivity index (χ1) is 8.06. The average Bonchev–Trinajstić information content (AvgIpc) is 2.29. The van der Waals surface area contributed by atoms with Gasteiger partial charge < -0.3 is 10.5 Å². The van der Waals surface area contributed by atoms with E-state index in [2.05, 4.69) is 16.9 Å². The molecule has 17 heavy (non-hydrogen) atoms. The smallest absolute Gasteiger partial charge is 0.0670 e. The number of nitrogens with two attached hydrogens (primary N) is 1. The van der Waals surface area contributed by atoms with Crippen LogP contribution in [0.25, 0.3) is 0 Å². The first kappa shape index (κ1) is 14.1. The first-order valence-electron chi connectivity index (χ1n) is 5.95. The Balaban J connectivity index is 2.79. The van der Waals surface area contributed by atoms with Crippen LogP contribution in [0.2, 0.25) is 0 Å². The van der Waals surface area contributed by atoms with E-state index in [1.165, 1.54) is 0 Å². The van der Waals surface area contributed by atoms with Gasteiger partial charge in [0.25, 0.3) is 0 Å². The Labute approximate surface area is 104 Å². The van der Waals surface area contributed by atoms with E-state index < -0.39 is 0 Å². The lowest BCUT2D eigenvalue weighted by Gasteiger charge is -2.32. The maximum Gasteiger partial charge on any atom is 0.0670 e. The van der Waals surface area contributed by atoms with Gasteiger partial charge in [0, 0.05) is 25.9 Å². The van der Waals surface area contributed by atoms with Gasteiger partial charge in [-0.05, 0) is 33.0 Å². The van der Waals surface area contributed by atoms with Gasteiger partial charge in [-0.25, -0.2) is 0 Å². The summed E-state index contributed by atoms with van der Waals surface area (Å²) in [4.78, 5) is 6.59. The molecule has 0 aliphatic heterocycles. The van der Waals surface area contributed by atoms with E-state index in [9.17, 15) is 0 Å². The maximum absolute atomic E-state index is 6.06. The first-order valence-corrected chi connectivity index (χ1v) is 5.95. The number of nitrogens with zero attached hydrogens (tertiary/aromatic N) is 2. The van der Waals surface area contributed by atoms with Crippen LogP contribution in [0.4, 0.5) is 0 Å². The maximum atomic E-state index is 6.06. The van der Waals surface area contributed by atoms with Crippen molar-refractivity contribution in [3.05, 3.63) is 30.1 Å². The number of likely N-dealkylation sites (N-methyl/N-ethyl adjacent to an activating group) is 1. The minimum atomic E-state index is 0.0268. The van der Waals surface area contributed by atoms with Crippen molar-refractivity contribution in [2.45, 2.75) is 32.0 Å². The number of pyridine rings is 1. The summed E-state index contributed by atoms with van der Waals surface area (Å²) in [5, 5.41) is 0. The van der Waals surface area contributed by atoms with Crippen LogP contribution >= 0.6 is 0 Å². The normalized spacial score (nSPS) is 16.8. The number of hydrogen-bond acceptors (Lipinski definition) is 4. The molecular formula is C13H23N3O. The van der Waals surface area contributed by atoms with Crippen molar-refractivity contribution in [1.29, 1.82) is 0 Å². The predicted octanol–water partition coefficient (Wildman–Crippen LogP) is 1.44. The zero-order chi connectivity index (χ0) is 12.8. The van der Waals surface area contributed by atoms with Crippen molar-refractivity contribution in [2.24, 2.45) is 5.73 Å². The Hall–Kier alpha value is -0.970. The summed E-state index contributed by atoms with van der Waals surface area (Å²) in [7, 11) is 3.78. The summed E-state index contributed by atoms with van der Waals surface area (Å²) in [6, 6.07) is 6.07. The van der Waals surface area contributed by atoms with Gasteiger partial charge in [0.2, 0.25) is 0 Å². The molecule has 0 saturated carbocycles. The molecule has 2 N–H and O–H groups in total. The third kappa shape index (κ3) is 4.07. The van der Waals surface area contributed by atoms with Gasteiger partial charge in [-0.15, -0.1) is 0 Å². The molecule has 1 aromatic rings. The quantitative estimate of drug-likeness (QED) is 0.813. The monoisotopic (exact) mass is 237 g/mol. The highest BCUT2D eigenvalue weighted by Crippen LogP contribution is 2.20. The van der Waals surface area contributed by atoms with Crippen LogP contribution in [0.3, 0.4) is 0 Å². The highest BCUT2D eigenvalue weighted by molar-refractivity contribution is 5.10. The lowest BCUT2D eigenvalue weighted by Crippen LogP contribution is -2.41. The third-order valence-corrected chi connectivity index (χ3v) is 2.91. The second kappa shape index (κ2) is 6.69. The van der Waals surface area contributed by atoms with E-state index in [0.29, 0.717) is 0 Å². The van der Waals surface area contributed by atoms with E-state index in [0.717, 1.165) is 12.2 Å². The molecule has 0 aliphatic carbocycles. The molecular weight excluding hydrogens is 214 g/mol. The third-order valence-electron chi connectivity index (χ3n) is 2.91. The van der Waals surface area contributed by atoms with Crippen LogP contribution in [0.15, 0.2) is 24.4 Å². The number of methoxy groups -OCH3 is 1. The summed E-state index contributed by atoms with van der Waals surface area (Å²) in [6.45, 7) is 4.89. The molecule has 0 aliphatic rings. The molecule has 3 atom stereocenters. The summed E-state index contributed by atoms with van der Waals surface area (Å²) in [5.41, 5.74) is 7.07. The Morgan fingerprint density at radius 3 is 2.59 bits per heavy atom. The molecule has 3 unspecified atom stereocenters. The standard InChI is InChI=1S/C13H23N3O/c1-10(17-4)9-16(3)13(11(2)14)12-7-5-6-8-15-12/h5-8,10-11,13H,9,14H2,1-4H3. The summed E-state index contributed by atoms with van der Waals surface area (Å²) in [5.74, 6) is 0. The van der Waals surface area contributed by atoms with Gasteiger partial charge in [0.05, 0.1) is 17.8 Å². The number of ether oxygens (including phenoxy) is 1. The minimum Gasteiger partial charge on any atom is -0.380 e. The van der Waals surface area contributed by atoms with Gasteiger partial charge in [0.1, 0.15) is 0 Å². The zero-order valence-electron chi connectivity index (χ0n) is 11.1. The number of rotatable bonds is 6. The Bertz CT molecular complexity index is 316. The molecule has 0 fully saturated rings. The molecule has 0 bridgehead atoms. The largest absolute Gasteiger partial charge is 0.380 e. The van der Waals surface area contributed by atoms with Crippen LogP contribution < -0.4 is 5.73 Å². The van der Waals surface area contributed by atoms with Crippen molar-refractivity contribution < 1.29 is 4.74 Å². The molecule has 0 aromatic carbocycles. The van der Waals surface area contributed by atoms with E-state index in [-0.39, 0.29) is 18.2 Å². The SMILES string of the molecule is COC(C)CN(C)C(c1ccccn1)C(C)N. The van der Waals surface area contributed by atoms with Crippen LogP contribution in [0.1, 0.15) is 25.6 Å². The van der Waals surface area contributed by atoms with E-state index in [1.54, 1.807) is 13.3 Å². The van der Waals surface area contributed by atoms with Crippen molar-refractivity contribution in [1.82, 2.24) is 9.88 Å². The summed E-state index contributed by atoms with van der Waals surface area (Å²) < 4.78 is 5.28. The second-order valence-electron chi connectivity index (χ2n) is 4.54. The molecule has 4 heteroatoms. The van der Waals surface area contributed by atoms with Gasteiger partial charge in [0.15, 0.2) is 0 Å². The van der Waals surface area contributed by atoms with Crippen molar-refractivity contribution in [3.63, 3.8) is 0 Å². The van der Waals surface area contributed by atoms with Crippen molar-refractivity contribution in [2.75, 3.05) is 20.7 Å². The Morgan fingerprint density at radius 2 is 2.12 bits per heavy atom. The topological polar surface area (TPSA) is 51.4 Å². The van der Waals surface area contributed by atoms with Crippen molar-refractivity contribution in [3.8, 4) is 0 Å². The molecule has 1 heterocycles.